The van der Waals surface area contributed by atoms with Gasteiger partial charge in [-0.2, -0.15) is 5.10 Å². The maximum atomic E-state index is 5.44. The zero-order valence-corrected chi connectivity index (χ0v) is 19.1. The summed E-state index contributed by atoms with van der Waals surface area (Å²) in [6, 6.07) is 27.1. The number of nitrogens with zero attached hydrogens (tertiary/aromatic N) is 3. The van der Waals surface area contributed by atoms with Crippen LogP contribution in [-0.2, 0) is 12.8 Å². The molecule has 3 aromatic carbocycles. The third-order valence-corrected chi connectivity index (χ3v) is 6.62. The van der Waals surface area contributed by atoms with Crippen LogP contribution in [0.5, 0.6) is 5.75 Å². The molecule has 5 aromatic rings. The fourth-order valence-electron chi connectivity index (χ4n) is 4.48. The monoisotopic (exact) mass is 481 g/mol. The van der Waals surface area contributed by atoms with E-state index in [1.54, 1.807) is 7.11 Å². The molecule has 0 N–H and O–H groups in total. The molecule has 1 aliphatic carbocycles. The summed E-state index contributed by atoms with van der Waals surface area (Å²) in [5.74, 6) is 0.889. The van der Waals surface area contributed by atoms with E-state index in [1.807, 2.05) is 28.9 Å². The van der Waals surface area contributed by atoms with Crippen molar-refractivity contribution < 1.29 is 4.74 Å². The Morgan fingerprint density at radius 1 is 0.844 bits per heavy atom. The Balaban J connectivity index is 1.63. The number of methoxy groups -OCH3 is 1. The summed E-state index contributed by atoms with van der Waals surface area (Å²) < 4.78 is 8.45. The molecule has 0 bridgehead atoms. The summed E-state index contributed by atoms with van der Waals surface area (Å²) in [7, 11) is 1.71. The molecule has 0 fully saturated rings. The summed E-state index contributed by atoms with van der Waals surface area (Å²) in [6.07, 6.45) is 1.93. The van der Waals surface area contributed by atoms with E-state index in [0.29, 0.717) is 0 Å². The zero-order chi connectivity index (χ0) is 21.7. The number of halogens is 1. The average molecular weight is 482 g/mol. The molecular weight excluding hydrogens is 462 g/mol. The van der Waals surface area contributed by atoms with Gasteiger partial charge in [0.2, 0.25) is 0 Å². The minimum Gasteiger partial charge on any atom is -0.497 e. The van der Waals surface area contributed by atoms with Gasteiger partial charge in [-0.15, -0.1) is 0 Å². The zero-order valence-electron chi connectivity index (χ0n) is 17.5. The second kappa shape index (κ2) is 7.61. The highest BCUT2D eigenvalue weighted by Crippen LogP contribution is 2.38. The van der Waals surface area contributed by atoms with Crippen LogP contribution in [0.25, 0.3) is 39.2 Å². The van der Waals surface area contributed by atoms with Crippen molar-refractivity contribution in [1.29, 1.82) is 0 Å². The van der Waals surface area contributed by atoms with Gasteiger partial charge in [0.15, 0.2) is 5.65 Å². The molecule has 156 valence electrons. The lowest BCUT2D eigenvalue weighted by Crippen LogP contribution is -2.07. The first-order valence-electron chi connectivity index (χ1n) is 10.6. The van der Waals surface area contributed by atoms with Crippen molar-refractivity contribution in [3.63, 3.8) is 0 Å². The van der Waals surface area contributed by atoms with Crippen molar-refractivity contribution in [2.24, 2.45) is 0 Å². The molecule has 0 saturated carbocycles. The Labute approximate surface area is 194 Å². The van der Waals surface area contributed by atoms with Crippen LogP contribution in [0.3, 0.4) is 0 Å². The Morgan fingerprint density at radius 3 is 2.41 bits per heavy atom. The highest BCUT2D eigenvalue weighted by Gasteiger charge is 2.23. The van der Waals surface area contributed by atoms with Gasteiger partial charge in [0.25, 0.3) is 0 Å². The second-order valence-electron chi connectivity index (χ2n) is 7.99. The molecule has 0 unspecified atom stereocenters. The lowest BCUT2D eigenvalue weighted by Gasteiger charge is -2.20. The van der Waals surface area contributed by atoms with E-state index in [2.05, 4.69) is 70.5 Å². The maximum Gasteiger partial charge on any atom is 0.164 e. The highest BCUT2D eigenvalue weighted by molar-refractivity contribution is 9.10. The van der Waals surface area contributed by atoms with Gasteiger partial charge in [-0.25, -0.2) is 9.67 Å². The van der Waals surface area contributed by atoms with Crippen molar-refractivity contribution in [3.8, 4) is 34.0 Å². The average Bonchev–Trinajstić information content (AvgIpc) is 3.22. The smallest absolute Gasteiger partial charge is 0.164 e. The number of pyridine rings is 1. The number of aryl methyl sites for hydroxylation is 2. The van der Waals surface area contributed by atoms with E-state index in [-0.39, 0.29) is 0 Å². The normalized spacial score (nSPS) is 12.4. The molecule has 32 heavy (non-hydrogen) atoms. The van der Waals surface area contributed by atoms with Crippen LogP contribution in [0, 0.1) is 0 Å². The molecule has 0 saturated heterocycles. The number of hydrogen-bond donors (Lipinski definition) is 0. The van der Waals surface area contributed by atoms with Crippen LogP contribution in [0.15, 0.2) is 83.3 Å². The van der Waals surface area contributed by atoms with Crippen LogP contribution in [0.2, 0.25) is 0 Å². The van der Waals surface area contributed by atoms with Crippen molar-refractivity contribution in [1.82, 2.24) is 14.8 Å². The van der Waals surface area contributed by atoms with Crippen LogP contribution >= 0.6 is 15.9 Å². The number of hydrogen-bond acceptors (Lipinski definition) is 3. The van der Waals surface area contributed by atoms with Crippen molar-refractivity contribution in [2.45, 2.75) is 12.8 Å². The predicted molar refractivity (Wildman–Crippen MR) is 131 cm³/mol. The minimum atomic E-state index is 0.872. The van der Waals surface area contributed by atoms with Gasteiger partial charge in [0.1, 0.15) is 11.4 Å². The van der Waals surface area contributed by atoms with E-state index in [4.69, 9.17) is 14.8 Å². The summed E-state index contributed by atoms with van der Waals surface area (Å²) >= 11 is 3.54. The largest absolute Gasteiger partial charge is 0.497 e. The molecule has 0 radical (unpaired) electrons. The van der Waals surface area contributed by atoms with Gasteiger partial charge in [0.05, 0.1) is 18.5 Å². The fourth-order valence-corrected chi connectivity index (χ4v) is 4.74. The van der Waals surface area contributed by atoms with Crippen LogP contribution in [-0.4, -0.2) is 21.9 Å². The van der Waals surface area contributed by atoms with Gasteiger partial charge in [-0.1, -0.05) is 46.3 Å². The molecule has 2 heterocycles. The Hall–Kier alpha value is -3.44. The summed E-state index contributed by atoms with van der Waals surface area (Å²) in [6.45, 7) is 0. The van der Waals surface area contributed by atoms with E-state index < -0.39 is 0 Å². The first kappa shape index (κ1) is 19.3. The third kappa shape index (κ3) is 3.12. The van der Waals surface area contributed by atoms with Crippen molar-refractivity contribution in [3.05, 3.63) is 94.5 Å². The molecule has 6 rings (SSSR count). The third-order valence-electron chi connectivity index (χ3n) is 6.09. The molecule has 0 aliphatic heterocycles. The van der Waals surface area contributed by atoms with E-state index in [9.17, 15) is 0 Å². The lowest BCUT2D eigenvalue weighted by molar-refractivity contribution is 0.414. The lowest BCUT2D eigenvalue weighted by atomic mass is 9.88. The van der Waals surface area contributed by atoms with E-state index in [0.717, 1.165) is 56.7 Å². The van der Waals surface area contributed by atoms with E-state index >= 15 is 0 Å². The fraction of sp³-hybridized carbons (Fsp3) is 0.111. The van der Waals surface area contributed by atoms with Gasteiger partial charge in [-0.3, -0.25) is 0 Å². The van der Waals surface area contributed by atoms with Gasteiger partial charge < -0.3 is 4.74 Å². The topological polar surface area (TPSA) is 39.9 Å². The second-order valence-corrected chi connectivity index (χ2v) is 8.91. The van der Waals surface area contributed by atoms with Gasteiger partial charge >= 0.3 is 0 Å². The molecule has 0 amide bonds. The predicted octanol–water partition coefficient (Wildman–Crippen LogP) is 6.62. The van der Waals surface area contributed by atoms with Gasteiger partial charge in [0, 0.05) is 21.0 Å². The first-order chi connectivity index (χ1) is 15.7. The van der Waals surface area contributed by atoms with Crippen LogP contribution < -0.4 is 4.74 Å². The number of para-hydroxylation sites is 1. The number of rotatable bonds is 3. The Kier molecular flexibility index (Phi) is 4.58. The SMILES string of the molecule is COc1ccc2c(c1)CCc1cc3c(-c4ccc(Br)cc4)nn(-c4ccccc4)c3nc1-2. The van der Waals surface area contributed by atoms with Crippen molar-refractivity contribution in [2.75, 3.05) is 7.11 Å². The number of benzene rings is 3. The Morgan fingerprint density at radius 2 is 1.62 bits per heavy atom. The molecule has 2 aromatic heterocycles. The maximum absolute atomic E-state index is 5.44. The quantitative estimate of drug-likeness (QED) is 0.290. The Bertz CT molecular complexity index is 1460. The first-order valence-corrected chi connectivity index (χ1v) is 11.4. The number of fused-ring (bicyclic) bond motifs is 4. The molecule has 0 atom stereocenters. The molecule has 5 heteroatoms. The number of aromatic nitrogens is 3. The summed E-state index contributed by atoms with van der Waals surface area (Å²) in [5.41, 5.74) is 8.67. The summed E-state index contributed by atoms with van der Waals surface area (Å²) in [5, 5.41) is 6.11. The summed E-state index contributed by atoms with van der Waals surface area (Å²) in [4.78, 5) is 5.20. The van der Waals surface area contributed by atoms with Crippen LogP contribution in [0.4, 0.5) is 0 Å². The molecule has 0 spiro atoms. The highest BCUT2D eigenvalue weighted by atomic mass is 79.9. The van der Waals surface area contributed by atoms with E-state index in [1.165, 1.54) is 16.7 Å². The molecule has 1 aliphatic rings. The standard InChI is InChI=1S/C27H20BrN3O/c1-32-22-13-14-23-18(15-22)7-8-19-16-24-26(17-9-11-20(28)12-10-17)30-31(27(24)29-25(19)23)21-5-3-2-4-6-21/h2-6,9-16H,7-8H2,1H3. The van der Waals surface area contributed by atoms with Crippen LogP contribution in [0.1, 0.15) is 11.1 Å². The van der Waals surface area contributed by atoms with Crippen molar-refractivity contribution >= 4 is 27.0 Å². The minimum absolute atomic E-state index is 0.872. The van der Waals surface area contributed by atoms with Gasteiger partial charge in [-0.05, 0) is 72.5 Å². The number of ether oxygens (including phenoxy) is 1. The molecular formula is C27H20BrN3O. The molecule has 4 nitrogen and oxygen atoms in total.